The van der Waals surface area contributed by atoms with Gasteiger partial charge in [-0.2, -0.15) is 0 Å². The summed E-state index contributed by atoms with van der Waals surface area (Å²) < 4.78 is 2.03. The third-order valence-electron chi connectivity index (χ3n) is 6.97. The second kappa shape index (κ2) is 10.3. The number of benzene rings is 1. The van der Waals surface area contributed by atoms with Gasteiger partial charge in [-0.15, -0.1) is 0 Å². The van der Waals surface area contributed by atoms with Gasteiger partial charge in [0, 0.05) is 63.2 Å². The maximum atomic E-state index is 12.8. The van der Waals surface area contributed by atoms with Crippen molar-refractivity contribution in [2.45, 2.75) is 13.3 Å². The zero-order chi connectivity index (χ0) is 24.2. The van der Waals surface area contributed by atoms with Crippen LogP contribution in [-0.2, 0) is 7.05 Å². The van der Waals surface area contributed by atoms with Crippen molar-refractivity contribution in [3.63, 3.8) is 0 Å². The molecule has 0 atom stereocenters. The van der Waals surface area contributed by atoms with E-state index in [0.717, 1.165) is 61.7 Å². The summed E-state index contributed by atoms with van der Waals surface area (Å²) in [6.45, 7) is 7.63. The van der Waals surface area contributed by atoms with Crippen molar-refractivity contribution in [2.24, 2.45) is 7.05 Å². The number of nitrogens with one attached hydrogen (secondary N) is 1. The highest BCUT2D eigenvalue weighted by Crippen LogP contribution is 2.26. The third-order valence-corrected chi connectivity index (χ3v) is 6.97. The summed E-state index contributed by atoms with van der Waals surface area (Å²) in [5, 5.41) is 4.29. The summed E-state index contributed by atoms with van der Waals surface area (Å²) >= 11 is 0. The first-order valence-electron chi connectivity index (χ1n) is 12.3. The van der Waals surface area contributed by atoms with Crippen LogP contribution in [0.3, 0.4) is 0 Å². The minimum Gasteiger partial charge on any atom is -0.367 e. The summed E-state index contributed by atoms with van der Waals surface area (Å²) in [5.74, 6) is -0.0199. The van der Waals surface area contributed by atoms with Crippen LogP contribution in [0, 0.1) is 6.92 Å². The first-order chi connectivity index (χ1) is 17.1. The zero-order valence-corrected chi connectivity index (χ0v) is 20.4. The monoisotopic (exact) mass is 468 g/mol. The summed E-state index contributed by atoms with van der Waals surface area (Å²) in [6, 6.07) is 18.3. The maximum absolute atomic E-state index is 12.8. The number of hydrogen-bond acceptors (Lipinski definition) is 5. The molecule has 0 unspecified atom stereocenters. The van der Waals surface area contributed by atoms with E-state index >= 15 is 0 Å². The average molecular weight is 469 g/mol. The second-order valence-electron chi connectivity index (χ2n) is 9.09. The Labute approximate surface area is 206 Å². The number of para-hydroxylation sites is 1. The number of amides is 1. The predicted octanol–water partition coefficient (Wildman–Crippen LogP) is 3.89. The Morgan fingerprint density at radius 2 is 1.77 bits per heavy atom. The lowest BCUT2D eigenvalue weighted by atomic mass is 10.1. The van der Waals surface area contributed by atoms with Crippen LogP contribution in [0.1, 0.15) is 22.5 Å². The lowest BCUT2D eigenvalue weighted by Crippen LogP contribution is -2.47. The molecule has 4 heterocycles. The highest BCUT2D eigenvalue weighted by atomic mass is 16.1. The van der Waals surface area contributed by atoms with E-state index in [1.807, 2.05) is 55.1 Å². The molecule has 1 aliphatic rings. The molecule has 4 aromatic rings. The fourth-order valence-corrected chi connectivity index (χ4v) is 4.84. The Morgan fingerprint density at radius 3 is 2.57 bits per heavy atom. The van der Waals surface area contributed by atoms with E-state index < -0.39 is 0 Å². The molecular weight excluding hydrogens is 436 g/mol. The van der Waals surface area contributed by atoms with Gasteiger partial charge in [0.2, 0.25) is 0 Å². The fourth-order valence-electron chi connectivity index (χ4n) is 4.84. The molecule has 7 heteroatoms. The molecule has 1 aromatic carbocycles. The molecule has 35 heavy (non-hydrogen) atoms. The van der Waals surface area contributed by atoms with Crippen LogP contribution in [0.5, 0.6) is 0 Å². The van der Waals surface area contributed by atoms with Gasteiger partial charge in [-0.05, 0) is 50.2 Å². The molecule has 0 saturated carbocycles. The van der Waals surface area contributed by atoms with Gasteiger partial charge in [-0.1, -0.05) is 24.3 Å². The number of carbonyl (C=O) groups is 1. The van der Waals surface area contributed by atoms with E-state index in [1.54, 1.807) is 6.20 Å². The summed E-state index contributed by atoms with van der Waals surface area (Å²) in [7, 11) is 1.98. The Morgan fingerprint density at radius 1 is 0.971 bits per heavy atom. The number of pyridine rings is 2. The number of piperazine rings is 1. The van der Waals surface area contributed by atoms with Crippen molar-refractivity contribution >= 4 is 22.5 Å². The van der Waals surface area contributed by atoms with Gasteiger partial charge in [0.25, 0.3) is 5.91 Å². The van der Waals surface area contributed by atoms with E-state index in [9.17, 15) is 4.79 Å². The number of anilines is 1. The molecule has 0 bridgehead atoms. The van der Waals surface area contributed by atoms with Crippen molar-refractivity contribution in [3.8, 4) is 11.4 Å². The van der Waals surface area contributed by atoms with Gasteiger partial charge < -0.3 is 14.8 Å². The van der Waals surface area contributed by atoms with Gasteiger partial charge >= 0.3 is 0 Å². The molecule has 0 radical (unpaired) electrons. The van der Waals surface area contributed by atoms with Crippen molar-refractivity contribution in [2.75, 3.05) is 44.2 Å². The first kappa shape index (κ1) is 23.1. The molecule has 7 nitrogen and oxygen atoms in total. The van der Waals surface area contributed by atoms with Crippen LogP contribution in [-0.4, -0.2) is 64.6 Å². The van der Waals surface area contributed by atoms with Gasteiger partial charge in [-0.3, -0.25) is 19.7 Å². The standard InChI is InChI=1S/C28H32N6O/c1-21-23(20-26(32(21)2)24-10-3-4-12-29-24)28(35)31-14-7-15-33-16-18-34(19-17-33)25-11-5-8-22-9-6-13-30-27(22)25/h3-6,8-13,20H,7,14-19H2,1-2H3,(H,31,35). The fraction of sp³-hybridized carbons (Fsp3) is 0.321. The number of rotatable bonds is 7. The summed E-state index contributed by atoms with van der Waals surface area (Å²) in [6.07, 6.45) is 4.57. The van der Waals surface area contributed by atoms with Crippen molar-refractivity contribution < 1.29 is 4.79 Å². The van der Waals surface area contributed by atoms with Crippen LogP contribution in [0.25, 0.3) is 22.3 Å². The minimum atomic E-state index is -0.0199. The molecule has 0 aliphatic carbocycles. The predicted molar refractivity (Wildman–Crippen MR) is 141 cm³/mol. The number of nitrogens with zero attached hydrogens (tertiary/aromatic N) is 5. The minimum absolute atomic E-state index is 0.0199. The lowest BCUT2D eigenvalue weighted by molar-refractivity contribution is 0.0951. The zero-order valence-electron chi connectivity index (χ0n) is 20.4. The highest BCUT2D eigenvalue weighted by molar-refractivity contribution is 5.96. The highest BCUT2D eigenvalue weighted by Gasteiger charge is 2.20. The quantitative estimate of drug-likeness (QED) is 0.417. The number of aromatic nitrogens is 3. The number of hydrogen-bond donors (Lipinski definition) is 1. The largest absolute Gasteiger partial charge is 0.367 e. The van der Waals surface area contributed by atoms with Crippen LogP contribution in [0.15, 0.2) is 67.0 Å². The van der Waals surface area contributed by atoms with E-state index in [1.165, 1.54) is 11.1 Å². The van der Waals surface area contributed by atoms with Crippen molar-refractivity contribution in [1.29, 1.82) is 0 Å². The summed E-state index contributed by atoms with van der Waals surface area (Å²) in [4.78, 5) is 26.8. The molecule has 1 amide bonds. The van der Waals surface area contributed by atoms with Crippen LogP contribution >= 0.6 is 0 Å². The molecule has 0 spiro atoms. The Hall–Kier alpha value is -3.71. The van der Waals surface area contributed by atoms with E-state index in [-0.39, 0.29) is 5.91 Å². The second-order valence-corrected chi connectivity index (χ2v) is 9.09. The van der Waals surface area contributed by atoms with Crippen molar-refractivity contribution in [1.82, 2.24) is 24.8 Å². The topological polar surface area (TPSA) is 66.3 Å². The van der Waals surface area contributed by atoms with Gasteiger partial charge in [-0.25, -0.2) is 0 Å². The Balaban J connectivity index is 1.10. The molecule has 3 aromatic heterocycles. The van der Waals surface area contributed by atoms with Crippen molar-refractivity contribution in [3.05, 3.63) is 78.2 Å². The maximum Gasteiger partial charge on any atom is 0.253 e. The van der Waals surface area contributed by atoms with E-state index in [2.05, 4.69) is 49.4 Å². The molecule has 180 valence electrons. The molecule has 1 saturated heterocycles. The molecule has 1 aliphatic heterocycles. The van der Waals surface area contributed by atoms with E-state index in [0.29, 0.717) is 12.1 Å². The van der Waals surface area contributed by atoms with Gasteiger partial charge in [0.05, 0.1) is 28.2 Å². The average Bonchev–Trinajstić information content (AvgIpc) is 3.21. The van der Waals surface area contributed by atoms with Crippen LogP contribution in [0.4, 0.5) is 5.69 Å². The van der Waals surface area contributed by atoms with E-state index in [4.69, 9.17) is 0 Å². The Kier molecular flexibility index (Phi) is 6.77. The first-order valence-corrected chi connectivity index (χ1v) is 12.3. The molecule has 5 rings (SSSR count). The molecular formula is C28H32N6O. The number of fused-ring (bicyclic) bond motifs is 1. The third kappa shape index (κ3) is 4.91. The number of carbonyl (C=O) groups excluding carboxylic acids is 1. The Bertz CT molecular complexity index is 1300. The van der Waals surface area contributed by atoms with Gasteiger partial charge in [0.1, 0.15) is 0 Å². The molecule has 1 fully saturated rings. The summed E-state index contributed by atoms with van der Waals surface area (Å²) in [5.41, 5.74) is 5.78. The van der Waals surface area contributed by atoms with Crippen LogP contribution in [0.2, 0.25) is 0 Å². The smallest absolute Gasteiger partial charge is 0.253 e. The lowest BCUT2D eigenvalue weighted by Gasteiger charge is -2.36. The molecule has 1 N–H and O–H groups in total. The SMILES string of the molecule is Cc1c(C(=O)NCCCN2CCN(c3cccc4cccnc34)CC2)cc(-c2ccccn2)n1C. The van der Waals surface area contributed by atoms with Gasteiger partial charge in [0.15, 0.2) is 0 Å². The van der Waals surface area contributed by atoms with Crippen LogP contribution < -0.4 is 10.2 Å². The normalized spacial score (nSPS) is 14.4.